The fraction of sp³-hybridized carbons (Fsp3) is 0.278. The number of nitrogens with zero attached hydrogens (tertiary/aromatic N) is 1. The third-order valence-electron chi connectivity index (χ3n) is 4.13. The van der Waals surface area contributed by atoms with Crippen LogP contribution in [-0.4, -0.2) is 31.0 Å². The smallest absolute Gasteiger partial charge is 0.287 e. The first kappa shape index (κ1) is 16.8. The maximum Gasteiger partial charge on any atom is 0.287 e. The summed E-state index contributed by atoms with van der Waals surface area (Å²) >= 11 is 0. The van der Waals surface area contributed by atoms with E-state index in [1.807, 2.05) is 37.3 Å². The Balaban J connectivity index is 1.75. The number of hydrogen-bond donors (Lipinski definition) is 1. The standard InChI is InChI=1S/C18H18N2O5/c1-11-8-13(18(23)20(11)12-6-4-3-5-7-12)19-17(22)15-9-14(21)16(24-2)10-25-15/h3-7,9-11,13H,8H2,1-2H3,(H,19,22)/t11-,13+/m1/s1. The van der Waals surface area contributed by atoms with E-state index in [1.54, 1.807) is 4.90 Å². The Morgan fingerprint density at radius 1 is 1.28 bits per heavy atom. The Labute approximate surface area is 144 Å². The lowest BCUT2D eigenvalue weighted by Crippen LogP contribution is -2.42. The van der Waals surface area contributed by atoms with E-state index >= 15 is 0 Å². The molecule has 1 aromatic heterocycles. The van der Waals surface area contributed by atoms with Crippen molar-refractivity contribution in [2.45, 2.75) is 25.4 Å². The summed E-state index contributed by atoms with van der Waals surface area (Å²) in [5.41, 5.74) is 0.323. The highest BCUT2D eigenvalue weighted by Gasteiger charge is 2.39. The molecule has 0 aliphatic carbocycles. The van der Waals surface area contributed by atoms with Crippen molar-refractivity contribution in [2.75, 3.05) is 12.0 Å². The Morgan fingerprint density at radius 3 is 2.64 bits per heavy atom. The lowest BCUT2D eigenvalue weighted by Gasteiger charge is -2.21. The van der Waals surface area contributed by atoms with Gasteiger partial charge in [-0.1, -0.05) is 18.2 Å². The van der Waals surface area contributed by atoms with Crippen molar-refractivity contribution in [1.29, 1.82) is 0 Å². The zero-order valence-corrected chi connectivity index (χ0v) is 13.9. The number of carbonyl (C=O) groups is 2. The van der Waals surface area contributed by atoms with E-state index in [1.165, 1.54) is 7.11 Å². The van der Waals surface area contributed by atoms with E-state index < -0.39 is 17.4 Å². The lowest BCUT2D eigenvalue weighted by molar-refractivity contribution is -0.118. The van der Waals surface area contributed by atoms with Gasteiger partial charge in [0.15, 0.2) is 5.76 Å². The van der Waals surface area contributed by atoms with Gasteiger partial charge < -0.3 is 19.4 Å². The number of methoxy groups -OCH3 is 1. The molecule has 1 saturated heterocycles. The van der Waals surface area contributed by atoms with Crippen molar-refractivity contribution in [3.63, 3.8) is 0 Å². The number of hydrogen-bond acceptors (Lipinski definition) is 5. The maximum atomic E-state index is 12.6. The number of nitrogens with one attached hydrogen (secondary N) is 1. The molecule has 0 unspecified atom stereocenters. The van der Waals surface area contributed by atoms with Gasteiger partial charge in [-0.2, -0.15) is 0 Å². The van der Waals surface area contributed by atoms with Crippen molar-refractivity contribution in [3.8, 4) is 5.75 Å². The van der Waals surface area contributed by atoms with E-state index in [9.17, 15) is 14.4 Å². The van der Waals surface area contributed by atoms with Crippen molar-refractivity contribution in [1.82, 2.24) is 5.32 Å². The van der Waals surface area contributed by atoms with Crippen LogP contribution in [-0.2, 0) is 4.79 Å². The predicted molar refractivity (Wildman–Crippen MR) is 90.8 cm³/mol. The zero-order chi connectivity index (χ0) is 18.0. The summed E-state index contributed by atoms with van der Waals surface area (Å²) in [6.07, 6.45) is 1.55. The highest BCUT2D eigenvalue weighted by molar-refractivity contribution is 6.03. The summed E-state index contributed by atoms with van der Waals surface area (Å²) in [5, 5.41) is 2.64. The summed E-state index contributed by atoms with van der Waals surface area (Å²) in [6.45, 7) is 1.92. The SMILES string of the molecule is COc1coc(C(=O)N[C@H]2C[C@@H](C)N(c3ccccc3)C2=O)cc1=O. The maximum absolute atomic E-state index is 12.6. The molecule has 0 radical (unpaired) electrons. The van der Waals surface area contributed by atoms with Crippen LogP contribution in [0.1, 0.15) is 23.9 Å². The van der Waals surface area contributed by atoms with E-state index in [-0.39, 0.29) is 23.5 Å². The highest BCUT2D eigenvalue weighted by atomic mass is 16.5. The number of para-hydroxylation sites is 1. The number of carbonyl (C=O) groups excluding carboxylic acids is 2. The molecule has 7 heteroatoms. The van der Waals surface area contributed by atoms with Crippen LogP contribution in [0.5, 0.6) is 5.75 Å². The molecule has 2 aromatic rings. The van der Waals surface area contributed by atoms with E-state index in [4.69, 9.17) is 9.15 Å². The quantitative estimate of drug-likeness (QED) is 0.911. The first-order valence-electron chi connectivity index (χ1n) is 7.87. The molecule has 2 heterocycles. The second-order valence-corrected chi connectivity index (χ2v) is 5.83. The summed E-state index contributed by atoms with van der Waals surface area (Å²) in [4.78, 5) is 38.3. The third-order valence-corrected chi connectivity index (χ3v) is 4.13. The molecule has 0 spiro atoms. The molecule has 1 aromatic carbocycles. The number of ether oxygens (including phenoxy) is 1. The van der Waals surface area contributed by atoms with Gasteiger partial charge in [0.2, 0.25) is 17.1 Å². The Bertz CT molecular complexity index is 846. The van der Waals surface area contributed by atoms with Gasteiger partial charge in [0.1, 0.15) is 12.3 Å². The molecule has 1 aliphatic heterocycles. The van der Waals surface area contributed by atoms with Gasteiger partial charge in [0, 0.05) is 17.8 Å². The van der Waals surface area contributed by atoms with Crippen molar-refractivity contribution in [2.24, 2.45) is 0 Å². The average molecular weight is 342 g/mol. The molecule has 0 saturated carbocycles. The van der Waals surface area contributed by atoms with Gasteiger partial charge in [-0.3, -0.25) is 14.4 Å². The first-order chi connectivity index (χ1) is 12.0. The van der Waals surface area contributed by atoms with Crippen LogP contribution in [0.3, 0.4) is 0 Å². The van der Waals surface area contributed by atoms with E-state index in [2.05, 4.69) is 5.32 Å². The minimum atomic E-state index is -0.671. The van der Waals surface area contributed by atoms with Gasteiger partial charge in [0.05, 0.1) is 7.11 Å². The second kappa shape index (κ2) is 6.80. The normalized spacial score (nSPS) is 19.8. The first-order valence-corrected chi connectivity index (χ1v) is 7.87. The predicted octanol–water partition coefficient (Wildman–Crippen LogP) is 1.57. The van der Waals surface area contributed by atoms with E-state index in [0.717, 1.165) is 18.0 Å². The Morgan fingerprint density at radius 2 is 2.00 bits per heavy atom. The van der Waals surface area contributed by atoms with Crippen LogP contribution in [0.15, 0.2) is 51.9 Å². The van der Waals surface area contributed by atoms with Crippen LogP contribution in [0.2, 0.25) is 0 Å². The number of amides is 2. The minimum absolute atomic E-state index is 0.0115. The van der Waals surface area contributed by atoms with Gasteiger partial charge in [0.25, 0.3) is 5.91 Å². The summed E-state index contributed by atoms with van der Waals surface area (Å²) in [5.74, 6) is -0.954. The topological polar surface area (TPSA) is 88.8 Å². The third kappa shape index (κ3) is 3.26. The number of rotatable bonds is 4. The zero-order valence-electron chi connectivity index (χ0n) is 13.9. The van der Waals surface area contributed by atoms with Gasteiger partial charge >= 0.3 is 0 Å². The van der Waals surface area contributed by atoms with Crippen LogP contribution in [0.4, 0.5) is 5.69 Å². The van der Waals surface area contributed by atoms with Crippen LogP contribution in [0.25, 0.3) is 0 Å². The van der Waals surface area contributed by atoms with Crippen LogP contribution in [0, 0.1) is 0 Å². The average Bonchev–Trinajstić information content (AvgIpc) is 2.89. The number of benzene rings is 1. The molecule has 1 aliphatic rings. The Hall–Kier alpha value is -3.09. The molecule has 1 N–H and O–H groups in total. The largest absolute Gasteiger partial charge is 0.490 e. The van der Waals surface area contributed by atoms with Crippen molar-refractivity contribution >= 4 is 17.5 Å². The highest BCUT2D eigenvalue weighted by Crippen LogP contribution is 2.26. The monoisotopic (exact) mass is 342 g/mol. The molecule has 130 valence electrons. The minimum Gasteiger partial charge on any atom is -0.490 e. The molecular weight excluding hydrogens is 324 g/mol. The Kier molecular flexibility index (Phi) is 4.56. The van der Waals surface area contributed by atoms with Crippen LogP contribution >= 0.6 is 0 Å². The summed E-state index contributed by atoms with van der Waals surface area (Å²) in [6, 6.07) is 9.60. The molecule has 25 heavy (non-hydrogen) atoms. The van der Waals surface area contributed by atoms with Gasteiger partial charge in [-0.25, -0.2) is 0 Å². The molecule has 3 rings (SSSR count). The molecular formula is C18H18N2O5. The molecule has 0 bridgehead atoms. The summed E-state index contributed by atoms with van der Waals surface area (Å²) < 4.78 is 9.92. The molecule has 7 nitrogen and oxygen atoms in total. The van der Waals surface area contributed by atoms with Gasteiger partial charge in [-0.05, 0) is 25.5 Å². The van der Waals surface area contributed by atoms with Crippen molar-refractivity contribution in [3.05, 3.63) is 58.6 Å². The lowest BCUT2D eigenvalue weighted by atomic mass is 10.2. The van der Waals surface area contributed by atoms with E-state index in [0.29, 0.717) is 6.42 Å². The van der Waals surface area contributed by atoms with Crippen LogP contribution < -0.4 is 20.4 Å². The molecule has 2 atom stereocenters. The molecule has 2 amide bonds. The summed E-state index contributed by atoms with van der Waals surface area (Å²) in [7, 11) is 1.34. The fourth-order valence-electron chi connectivity index (χ4n) is 2.92. The van der Waals surface area contributed by atoms with Crippen molar-refractivity contribution < 1.29 is 18.7 Å². The fourth-order valence-corrected chi connectivity index (χ4v) is 2.92. The number of anilines is 1. The molecule has 1 fully saturated rings. The second-order valence-electron chi connectivity index (χ2n) is 5.83. The van der Waals surface area contributed by atoms with Gasteiger partial charge in [-0.15, -0.1) is 0 Å².